The van der Waals surface area contributed by atoms with Gasteiger partial charge in [-0.3, -0.25) is 0 Å². The van der Waals surface area contributed by atoms with Gasteiger partial charge in [0.2, 0.25) is 6.29 Å². The standard InChI is InChI=1S/C24H32O4/c1-14(2)23(25)26-17-8-10-18(11-9-17)27-24(15(3)4)28-22-13-16-12-21(22)20-7-5-6-19(16)20/h8-11,15-16,19-22,24H,1,5-7,12-13H2,2-4H3. The fraction of sp³-hybridized carbons (Fsp3) is 0.625. The molecular weight excluding hydrogens is 352 g/mol. The van der Waals surface area contributed by atoms with Gasteiger partial charge in [-0.2, -0.15) is 0 Å². The van der Waals surface area contributed by atoms with Gasteiger partial charge in [-0.05, 0) is 80.5 Å². The van der Waals surface area contributed by atoms with Crippen LogP contribution in [0.1, 0.15) is 52.9 Å². The molecule has 152 valence electrons. The highest BCUT2D eigenvalue weighted by Gasteiger charge is 2.54. The Morgan fingerprint density at radius 1 is 1.04 bits per heavy atom. The summed E-state index contributed by atoms with van der Waals surface area (Å²) in [7, 11) is 0. The molecule has 6 atom stereocenters. The fourth-order valence-electron chi connectivity index (χ4n) is 5.57. The average molecular weight is 385 g/mol. The van der Waals surface area contributed by atoms with Crippen LogP contribution >= 0.6 is 0 Å². The van der Waals surface area contributed by atoms with Gasteiger partial charge in [0.25, 0.3) is 0 Å². The summed E-state index contributed by atoms with van der Waals surface area (Å²) >= 11 is 0. The number of ether oxygens (including phenoxy) is 3. The Bertz CT molecular complexity index is 723. The molecule has 4 nitrogen and oxygen atoms in total. The van der Waals surface area contributed by atoms with Crippen molar-refractivity contribution in [1.29, 1.82) is 0 Å². The maximum Gasteiger partial charge on any atom is 0.338 e. The number of benzene rings is 1. The van der Waals surface area contributed by atoms with Gasteiger partial charge in [-0.25, -0.2) is 4.79 Å². The van der Waals surface area contributed by atoms with E-state index in [0.717, 1.165) is 29.4 Å². The molecule has 4 heteroatoms. The number of hydrogen-bond acceptors (Lipinski definition) is 4. The first-order chi connectivity index (χ1) is 13.4. The largest absolute Gasteiger partial charge is 0.465 e. The zero-order valence-corrected chi connectivity index (χ0v) is 17.2. The summed E-state index contributed by atoms with van der Waals surface area (Å²) in [6.45, 7) is 9.51. The molecule has 3 saturated carbocycles. The lowest BCUT2D eigenvalue weighted by atomic mass is 9.80. The molecule has 1 aromatic rings. The number of fused-ring (bicyclic) bond motifs is 5. The van der Waals surface area contributed by atoms with Crippen molar-refractivity contribution in [1.82, 2.24) is 0 Å². The van der Waals surface area contributed by atoms with E-state index in [9.17, 15) is 4.79 Å². The monoisotopic (exact) mass is 384 g/mol. The predicted octanol–water partition coefficient (Wildman–Crippen LogP) is 5.37. The molecular formula is C24H32O4. The molecule has 4 rings (SSSR count). The van der Waals surface area contributed by atoms with Gasteiger partial charge in [-0.1, -0.05) is 26.8 Å². The van der Waals surface area contributed by atoms with Crippen molar-refractivity contribution in [3.05, 3.63) is 36.4 Å². The molecule has 1 aromatic carbocycles. The molecule has 0 spiro atoms. The van der Waals surface area contributed by atoms with Crippen LogP contribution in [0.25, 0.3) is 0 Å². The Labute approximate surface area is 168 Å². The van der Waals surface area contributed by atoms with E-state index in [4.69, 9.17) is 14.2 Å². The SMILES string of the molecule is C=C(C)C(=O)Oc1ccc(OC(OC2CC3CC2C2CCCC32)C(C)C)cc1. The maximum atomic E-state index is 11.6. The van der Waals surface area contributed by atoms with Crippen LogP contribution in [0.15, 0.2) is 36.4 Å². The molecule has 0 aliphatic heterocycles. The fourth-order valence-corrected chi connectivity index (χ4v) is 5.57. The van der Waals surface area contributed by atoms with Gasteiger partial charge in [0.05, 0.1) is 6.10 Å². The van der Waals surface area contributed by atoms with Crippen molar-refractivity contribution in [2.24, 2.45) is 29.6 Å². The molecule has 3 aliphatic carbocycles. The molecule has 3 fully saturated rings. The van der Waals surface area contributed by atoms with E-state index in [1.165, 1.54) is 32.1 Å². The van der Waals surface area contributed by atoms with Crippen molar-refractivity contribution < 1.29 is 19.0 Å². The normalized spacial score (nSPS) is 31.6. The minimum atomic E-state index is -0.418. The minimum absolute atomic E-state index is 0.256. The van der Waals surface area contributed by atoms with Crippen molar-refractivity contribution in [3.63, 3.8) is 0 Å². The Morgan fingerprint density at radius 3 is 2.39 bits per heavy atom. The topological polar surface area (TPSA) is 44.8 Å². The maximum absolute atomic E-state index is 11.6. The Kier molecular flexibility index (Phi) is 5.50. The van der Waals surface area contributed by atoms with Gasteiger partial charge in [0, 0.05) is 11.5 Å². The van der Waals surface area contributed by atoms with Crippen LogP contribution in [0.4, 0.5) is 0 Å². The Hall–Kier alpha value is -1.81. The zero-order valence-electron chi connectivity index (χ0n) is 17.2. The number of carbonyl (C=O) groups excluding carboxylic acids is 1. The first-order valence-electron chi connectivity index (χ1n) is 10.7. The summed E-state index contributed by atoms with van der Waals surface area (Å²) in [6.07, 6.45) is 6.87. The molecule has 6 unspecified atom stereocenters. The highest BCUT2D eigenvalue weighted by molar-refractivity contribution is 5.88. The molecule has 0 heterocycles. The van der Waals surface area contributed by atoms with Gasteiger partial charge < -0.3 is 14.2 Å². The number of esters is 1. The van der Waals surface area contributed by atoms with Crippen LogP contribution in [0, 0.1) is 29.6 Å². The summed E-state index contributed by atoms with van der Waals surface area (Å²) in [4.78, 5) is 11.6. The highest BCUT2D eigenvalue weighted by Crippen LogP contribution is 2.59. The molecule has 0 aromatic heterocycles. The van der Waals surface area contributed by atoms with Gasteiger partial charge in [0.1, 0.15) is 11.5 Å². The second-order valence-electron chi connectivity index (χ2n) is 9.20. The molecule has 0 saturated heterocycles. The average Bonchev–Trinajstić information content (AvgIpc) is 3.35. The van der Waals surface area contributed by atoms with Crippen LogP contribution in [0.5, 0.6) is 11.5 Å². The lowest BCUT2D eigenvalue weighted by Crippen LogP contribution is -2.37. The first kappa shape index (κ1) is 19.5. The van der Waals surface area contributed by atoms with Crippen LogP contribution < -0.4 is 9.47 Å². The van der Waals surface area contributed by atoms with Crippen LogP contribution in [-0.4, -0.2) is 18.4 Å². The summed E-state index contributed by atoms with van der Waals surface area (Å²) in [5.41, 5.74) is 0.379. The summed E-state index contributed by atoms with van der Waals surface area (Å²) in [5.74, 6) is 4.52. The van der Waals surface area contributed by atoms with Crippen LogP contribution in [0.3, 0.4) is 0 Å². The summed E-state index contributed by atoms with van der Waals surface area (Å²) in [5, 5.41) is 0. The smallest absolute Gasteiger partial charge is 0.338 e. The highest BCUT2D eigenvalue weighted by atomic mass is 16.7. The van der Waals surface area contributed by atoms with E-state index < -0.39 is 5.97 Å². The third-order valence-electron chi connectivity index (χ3n) is 6.86. The molecule has 28 heavy (non-hydrogen) atoms. The molecule has 0 radical (unpaired) electrons. The van der Waals surface area contributed by atoms with E-state index in [1.54, 1.807) is 19.1 Å². The summed E-state index contributed by atoms with van der Waals surface area (Å²) in [6, 6.07) is 7.14. The van der Waals surface area contributed by atoms with Gasteiger partial charge in [0.15, 0.2) is 0 Å². The number of carbonyl (C=O) groups is 1. The number of hydrogen-bond donors (Lipinski definition) is 0. The Balaban J connectivity index is 1.36. The van der Waals surface area contributed by atoms with Crippen molar-refractivity contribution >= 4 is 5.97 Å². The van der Waals surface area contributed by atoms with E-state index in [0.29, 0.717) is 17.4 Å². The van der Waals surface area contributed by atoms with Crippen molar-refractivity contribution in [2.45, 2.75) is 65.3 Å². The van der Waals surface area contributed by atoms with E-state index in [2.05, 4.69) is 20.4 Å². The van der Waals surface area contributed by atoms with E-state index >= 15 is 0 Å². The second kappa shape index (κ2) is 7.90. The van der Waals surface area contributed by atoms with E-state index in [-0.39, 0.29) is 12.2 Å². The second-order valence-corrected chi connectivity index (χ2v) is 9.20. The Morgan fingerprint density at radius 2 is 1.71 bits per heavy atom. The van der Waals surface area contributed by atoms with Crippen molar-refractivity contribution in [2.75, 3.05) is 0 Å². The van der Waals surface area contributed by atoms with Crippen molar-refractivity contribution in [3.8, 4) is 11.5 Å². The molecule has 3 aliphatic rings. The van der Waals surface area contributed by atoms with Crippen LogP contribution in [0.2, 0.25) is 0 Å². The van der Waals surface area contributed by atoms with Crippen LogP contribution in [-0.2, 0) is 9.53 Å². The lowest BCUT2D eigenvalue weighted by molar-refractivity contribution is -0.162. The molecule has 0 amide bonds. The minimum Gasteiger partial charge on any atom is -0.465 e. The number of rotatable bonds is 7. The third-order valence-corrected chi connectivity index (χ3v) is 6.86. The predicted molar refractivity (Wildman–Crippen MR) is 108 cm³/mol. The van der Waals surface area contributed by atoms with Gasteiger partial charge in [-0.15, -0.1) is 0 Å². The van der Waals surface area contributed by atoms with Gasteiger partial charge >= 0.3 is 5.97 Å². The molecule has 2 bridgehead atoms. The quantitative estimate of drug-likeness (QED) is 0.274. The zero-order chi connectivity index (χ0) is 19.8. The first-order valence-corrected chi connectivity index (χ1v) is 10.7. The summed E-state index contributed by atoms with van der Waals surface area (Å²) < 4.78 is 17.9. The third kappa shape index (κ3) is 3.84. The molecule has 0 N–H and O–H groups in total. The van der Waals surface area contributed by atoms with E-state index in [1.807, 2.05) is 12.1 Å². The lowest BCUT2D eigenvalue weighted by Gasteiger charge is -2.35.